The second kappa shape index (κ2) is 6.46. The molecule has 5 aromatic rings. The lowest BCUT2D eigenvalue weighted by molar-refractivity contribution is 0.0611. The number of pyridine rings is 2. The number of ether oxygens (including phenoxy) is 1. The number of nitrogens with one attached hydrogen (secondary N) is 1. The van der Waals surface area contributed by atoms with Gasteiger partial charge in [0.15, 0.2) is 11.5 Å². The highest BCUT2D eigenvalue weighted by Crippen LogP contribution is 2.40. The van der Waals surface area contributed by atoms with Gasteiger partial charge in [-0.1, -0.05) is 0 Å². The van der Waals surface area contributed by atoms with Gasteiger partial charge in [0.25, 0.3) is 0 Å². The molecule has 0 spiro atoms. The molecule has 9 nitrogen and oxygen atoms in total. The molecule has 6 rings (SSSR count). The Labute approximate surface area is 180 Å². The van der Waals surface area contributed by atoms with Crippen LogP contribution in [0.15, 0.2) is 53.8 Å². The molecule has 6 heterocycles. The molecule has 0 aromatic carbocycles. The average molecular weight is 431 g/mol. The van der Waals surface area contributed by atoms with Gasteiger partial charge in [0.1, 0.15) is 28.3 Å². The van der Waals surface area contributed by atoms with Crippen LogP contribution in [0.2, 0.25) is 0 Å². The second-order valence-corrected chi connectivity index (χ2v) is 8.43. The molecule has 0 bridgehead atoms. The molecule has 1 N–H and O–H groups in total. The van der Waals surface area contributed by atoms with E-state index in [1.807, 2.05) is 26.0 Å². The van der Waals surface area contributed by atoms with Crippen molar-refractivity contribution in [3.63, 3.8) is 0 Å². The van der Waals surface area contributed by atoms with Crippen LogP contribution >= 0.6 is 0 Å². The first-order valence-corrected chi connectivity index (χ1v) is 10.1. The summed E-state index contributed by atoms with van der Waals surface area (Å²) < 4.78 is 23.1. The molecule has 0 saturated carbocycles. The van der Waals surface area contributed by atoms with Crippen LogP contribution in [0.25, 0.3) is 28.3 Å². The zero-order chi connectivity index (χ0) is 22.0. The Balaban J connectivity index is 1.57. The molecule has 0 saturated heterocycles. The van der Waals surface area contributed by atoms with E-state index in [0.29, 0.717) is 40.6 Å². The molecule has 0 fully saturated rings. The normalized spacial score (nSPS) is 17.4. The van der Waals surface area contributed by atoms with Gasteiger partial charge in [0.2, 0.25) is 5.88 Å². The number of nitrogens with zero attached hydrogens (tertiary/aromatic N) is 6. The van der Waals surface area contributed by atoms with Crippen molar-refractivity contribution in [1.29, 1.82) is 0 Å². The summed E-state index contributed by atoms with van der Waals surface area (Å²) in [4.78, 5) is 33.6. The van der Waals surface area contributed by atoms with E-state index in [-0.39, 0.29) is 11.7 Å². The second-order valence-electron chi connectivity index (χ2n) is 8.43. The predicted octanol–water partition coefficient (Wildman–Crippen LogP) is 3.12. The maximum Gasteiger partial charge on any atom is 0.328 e. The molecule has 160 valence electrons. The predicted molar refractivity (Wildman–Crippen MR) is 114 cm³/mol. The van der Waals surface area contributed by atoms with Gasteiger partial charge < -0.3 is 9.72 Å². The van der Waals surface area contributed by atoms with Crippen LogP contribution in [0.5, 0.6) is 5.88 Å². The van der Waals surface area contributed by atoms with Crippen LogP contribution in [0.3, 0.4) is 0 Å². The van der Waals surface area contributed by atoms with Crippen molar-refractivity contribution >= 4 is 16.8 Å². The standard InChI is InChI=1S/C22H18FN7O2/c1-22(2)8-15(13-4-3-7-24-20(13)32-22)30-19-14(27-21(30)31)9-26-18(28-19)16-10-25-17-6-5-12(23)11-29(16)17/h3-7,9-11,15H,8H2,1-2H3,(H,27,31). The minimum absolute atomic E-state index is 0.298. The molecule has 0 amide bonds. The molecular weight excluding hydrogens is 413 g/mol. The highest BCUT2D eigenvalue weighted by atomic mass is 19.1. The van der Waals surface area contributed by atoms with Crippen molar-refractivity contribution in [1.82, 2.24) is 33.9 Å². The lowest BCUT2D eigenvalue weighted by Crippen LogP contribution is -2.39. The highest BCUT2D eigenvalue weighted by Gasteiger charge is 2.37. The van der Waals surface area contributed by atoms with E-state index in [4.69, 9.17) is 9.72 Å². The van der Waals surface area contributed by atoms with Crippen LogP contribution in [-0.2, 0) is 0 Å². The summed E-state index contributed by atoms with van der Waals surface area (Å²) in [6.45, 7) is 3.93. The fourth-order valence-electron chi connectivity index (χ4n) is 4.30. The molecule has 32 heavy (non-hydrogen) atoms. The number of H-pyrrole nitrogens is 1. The Bertz CT molecular complexity index is 1570. The number of rotatable bonds is 2. The summed E-state index contributed by atoms with van der Waals surface area (Å²) in [5.74, 6) is 0.438. The van der Waals surface area contributed by atoms with Gasteiger partial charge in [-0.25, -0.2) is 29.1 Å². The van der Waals surface area contributed by atoms with Crippen molar-refractivity contribution in [3.05, 3.63) is 70.9 Å². The van der Waals surface area contributed by atoms with E-state index in [1.54, 1.807) is 33.6 Å². The Morgan fingerprint density at radius 1 is 1.19 bits per heavy atom. The fourth-order valence-corrected chi connectivity index (χ4v) is 4.30. The molecule has 1 aliphatic heterocycles. The van der Waals surface area contributed by atoms with E-state index in [9.17, 15) is 9.18 Å². The van der Waals surface area contributed by atoms with Crippen LogP contribution in [0.4, 0.5) is 4.39 Å². The van der Waals surface area contributed by atoms with Crippen molar-refractivity contribution in [2.75, 3.05) is 0 Å². The van der Waals surface area contributed by atoms with Crippen molar-refractivity contribution in [2.45, 2.75) is 31.9 Å². The Kier molecular flexibility index (Phi) is 3.77. The van der Waals surface area contributed by atoms with Gasteiger partial charge in [-0.3, -0.25) is 8.97 Å². The first-order chi connectivity index (χ1) is 15.4. The maximum atomic E-state index is 13.8. The average Bonchev–Trinajstić information content (AvgIpc) is 3.31. The van der Waals surface area contributed by atoms with Gasteiger partial charge >= 0.3 is 5.69 Å². The summed E-state index contributed by atoms with van der Waals surface area (Å²) in [7, 11) is 0. The van der Waals surface area contributed by atoms with Crippen LogP contribution < -0.4 is 10.4 Å². The minimum atomic E-state index is -0.524. The molecule has 5 aromatic heterocycles. The quantitative estimate of drug-likeness (QED) is 0.461. The van der Waals surface area contributed by atoms with E-state index in [0.717, 1.165) is 5.56 Å². The van der Waals surface area contributed by atoms with Crippen molar-refractivity contribution in [2.24, 2.45) is 0 Å². The van der Waals surface area contributed by atoms with E-state index in [2.05, 4.69) is 19.9 Å². The van der Waals surface area contributed by atoms with E-state index in [1.165, 1.54) is 12.3 Å². The van der Waals surface area contributed by atoms with E-state index >= 15 is 0 Å². The van der Waals surface area contributed by atoms with Gasteiger partial charge in [-0.2, -0.15) is 0 Å². The fraction of sp³-hybridized carbons (Fsp3) is 0.227. The zero-order valence-corrected chi connectivity index (χ0v) is 17.3. The molecule has 0 aliphatic carbocycles. The molecule has 0 radical (unpaired) electrons. The zero-order valence-electron chi connectivity index (χ0n) is 17.3. The SMILES string of the molecule is CC1(C)CC(n2c(=O)[nH]c3cnc(-c4cnc5ccc(F)cn45)nc32)c2cccnc2O1. The van der Waals surface area contributed by atoms with Crippen LogP contribution in [0, 0.1) is 5.82 Å². The van der Waals surface area contributed by atoms with Gasteiger partial charge in [-0.05, 0) is 38.1 Å². The van der Waals surface area contributed by atoms with Crippen molar-refractivity contribution in [3.8, 4) is 17.4 Å². The lowest BCUT2D eigenvalue weighted by atomic mass is 9.91. The largest absolute Gasteiger partial charge is 0.471 e. The number of imidazole rings is 2. The number of fused-ring (bicyclic) bond motifs is 3. The molecular formula is C22H18FN7O2. The monoisotopic (exact) mass is 431 g/mol. The Morgan fingerprint density at radius 2 is 2.06 bits per heavy atom. The smallest absolute Gasteiger partial charge is 0.328 e. The number of halogens is 1. The van der Waals surface area contributed by atoms with Gasteiger partial charge in [-0.15, -0.1) is 0 Å². The number of hydrogen-bond acceptors (Lipinski definition) is 6. The summed E-state index contributed by atoms with van der Waals surface area (Å²) in [6, 6.07) is 6.32. The van der Waals surface area contributed by atoms with Crippen LogP contribution in [-0.4, -0.2) is 39.5 Å². The summed E-state index contributed by atoms with van der Waals surface area (Å²) in [5.41, 5.74) is 2.04. The number of hydrogen-bond donors (Lipinski definition) is 1. The highest BCUT2D eigenvalue weighted by molar-refractivity contribution is 5.73. The third kappa shape index (κ3) is 2.79. The first kappa shape index (κ1) is 18.7. The van der Waals surface area contributed by atoms with E-state index < -0.39 is 11.4 Å². The molecule has 1 unspecified atom stereocenters. The van der Waals surface area contributed by atoms with Gasteiger partial charge in [0, 0.05) is 24.4 Å². The molecule has 10 heteroatoms. The molecule has 1 aliphatic rings. The third-order valence-corrected chi connectivity index (χ3v) is 5.69. The third-order valence-electron chi connectivity index (χ3n) is 5.69. The first-order valence-electron chi connectivity index (χ1n) is 10.1. The lowest BCUT2D eigenvalue weighted by Gasteiger charge is -2.36. The van der Waals surface area contributed by atoms with Crippen molar-refractivity contribution < 1.29 is 9.13 Å². The minimum Gasteiger partial charge on any atom is -0.471 e. The number of aromatic amines is 1. The van der Waals surface area contributed by atoms with Crippen LogP contribution in [0.1, 0.15) is 31.9 Å². The Morgan fingerprint density at radius 3 is 2.94 bits per heavy atom. The summed E-state index contributed by atoms with van der Waals surface area (Å²) in [5, 5.41) is 0. The van der Waals surface area contributed by atoms with Gasteiger partial charge in [0.05, 0.1) is 18.4 Å². The number of aromatic nitrogens is 7. The topological polar surface area (TPSA) is 103 Å². The summed E-state index contributed by atoms with van der Waals surface area (Å²) >= 11 is 0. The Hall–Kier alpha value is -4.08. The summed E-state index contributed by atoms with van der Waals surface area (Å²) in [6.07, 6.45) is 6.70. The maximum absolute atomic E-state index is 13.8. The molecule has 1 atom stereocenters.